The fourth-order valence-corrected chi connectivity index (χ4v) is 3.09. The van der Waals surface area contributed by atoms with Gasteiger partial charge in [0.2, 0.25) is 5.91 Å². The van der Waals surface area contributed by atoms with Crippen LogP contribution in [-0.2, 0) is 4.79 Å². The van der Waals surface area contributed by atoms with E-state index in [1.165, 1.54) is 11.3 Å². The fraction of sp³-hybridized carbons (Fsp3) is 0.615. The lowest BCUT2D eigenvalue weighted by atomic mass is 10.2. The average molecular weight is 311 g/mol. The van der Waals surface area contributed by atoms with E-state index >= 15 is 0 Å². The van der Waals surface area contributed by atoms with Gasteiger partial charge in [-0.25, -0.2) is 4.98 Å². The lowest BCUT2D eigenvalue weighted by Gasteiger charge is -2.35. The first-order valence-corrected chi connectivity index (χ1v) is 7.65. The Hall–Kier alpha value is -1.67. The fourth-order valence-electron chi connectivity index (χ4n) is 2.29. The third-order valence-corrected chi connectivity index (χ3v) is 4.35. The van der Waals surface area contributed by atoms with Gasteiger partial charge in [0.15, 0.2) is 5.13 Å². The molecule has 0 saturated carbocycles. The minimum Gasteiger partial charge on any atom is -0.375 e. The molecule has 1 aliphatic rings. The summed E-state index contributed by atoms with van der Waals surface area (Å²) in [5.74, 6) is 0.0618. The molecule has 7 nitrogen and oxygen atoms in total. The molecule has 0 bridgehead atoms. The van der Waals surface area contributed by atoms with E-state index in [1.807, 2.05) is 19.0 Å². The highest BCUT2D eigenvalue weighted by molar-refractivity contribution is 7.17. The molecule has 2 heterocycles. The number of piperazine rings is 1. The van der Waals surface area contributed by atoms with Gasteiger partial charge in [-0.05, 0) is 21.0 Å². The van der Waals surface area contributed by atoms with Crippen LogP contribution in [0.1, 0.15) is 15.4 Å². The number of aromatic nitrogens is 1. The number of thiazole rings is 1. The zero-order valence-corrected chi connectivity index (χ0v) is 13.4. The Labute approximate surface area is 128 Å². The Kier molecular flexibility index (Phi) is 4.79. The Bertz CT molecular complexity index is 535. The highest BCUT2D eigenvalue weighted by Gasteiger charge is 2.27. The number of nitrogens with zero attached hydrogens (tertiary/aromatic N) is 4. The maximum Gasteiger partial charge on any atom is 0.266 e. The van der Waals surface area contributed by atoms with Crippen LogP contribution in [0, 0.1) is 6.92 Å². The van der Waals surface area contributed by atoms with Crippen LogP contribution in [0.2, 0.25) is 0 Å². The third kappa shape index (κ3) is 3.70. The Morgan fingerprint density at radius 2 is 1.81 bits per heavy atom. The predicted octanol–water partition coefficient (Wildman–Crippen LogP) is -0.120. The summed E-state index contributed by atoms with van der Waals surface area (Å²) in [4.78, 5) is 34.5. The highest BCUT2D eigenvalue weighted by Crippen LogP contribution is 2.22. The first kappa shape index (κ1) is 15.7. The quantitative estimate of drug-likeness (QED) is 0.841. The first-order valence-electron chi connectivity index (χ1n) is 6.83. The molecule has 0 aliphatic carbocycles. The van der Waals surface area contributed by atoms with E-state index in [0.29, 0.717) is 48.4 Å². The maximum atomic E-state index is 12.4. The van der Waals surface area contributed by atoms with Gasteiger partial charge in [-0.2, -0.15) is 0 Å². The van der Waals surface area contributed by atoms with E-state index in [-0.39, 0.29) is 11.8 Å². The van der Waals surface area contributed by atoms with Crippen molar-refractivity contribution in [3.05, 3.63) is 10.6 Å². The molecule has 0 atom stereocenters. The van der Waals surface area contributed by atoms with Crippen molar-refractivity contribution >= 4 is 28.3 Å². The van der Waals surface area contributed by atoms with Gasteiger partial charge in [-0.1, -0.05) is 11.3 Å². The van der Waals surface area contributed by atoms with Gasteiger partial charge in [-0.3, -0.25) is 9.59 Å². The zero-order valence-electron chi connectivity index (χ0n) is 12.6. The van der Waals surface area contributed by atoms with Crippen LogP contribution >= 0.6 is 11.3 Å². The van der Waals surface area contributed by atoms with E-state index < -0.39 is 0 Å². The second kappa shape index (κ2) is 6.40. The smallest absolute Gasteiger partial charge is 0.266 e. The van der Waals surface area contributed by atoms with Crippen molar-refractivity contribution < 1.29 is 9.59 Å². The average Bonchev–Trinajstić information content (AvgIpc) is 2.76. The normalized spacial score (nSPS) is 15.6. The minimum absolute atomic E-state index is 0.0404. The standard InChI is InChI=1S/C13H21N5O2S/c1-9-11(21-13(14)15-9)12(20)18-6-4-17(5-7-18)10(19)8-16(2)3/h4-8H2,1-3H3,(H2,14,15). The number of carbonyl (C=O) groups excluding carboxylic acids is 2. The van der Waals surface area contributed by atoms with Gasteiger partial charge in [0, 0.05) is 26.2 Å². The first-order chi connectivity index (χ1) is 9.88. The van der Waals surface area contributed by atoms with E-state index in [9.17, 15) is 9.59 Å². The second-order valence-electron chi connectivity index (χ2n) is 5.38. The number of aryl methyl sites for hydroxylation is 1. The van der Waals surface area contributed by atoms with Gasteiger partial charge in [0.25, 0.3) is 5.91 Å². The van der Waals surface area contributed by atoms with E-state index in [1.54, 1.807) is 16.7 Å². The number of nitrogens with two attached hydrogens (primary N) is 1. The Morgan fingerprint density at radius 1 is 1.24 bits per heavy atom. The van der Waals surface area contributed by atoms with Crippen molar-refractivity contribution in [3.8, 4) is 0 Å². The van der Waals surface area contributed by atoms with Crippen molar-refractivity contribution in [2.45, 2.75) is 6.92 Å². The summed E-state index contributed by atoms with van der Waals surface area (Å²) in [6.45, 7) is 4.44. The largest absolute Gasteiger partial charge is 0.375 e. The van der Waals surface area contributed by atoms with E-state index in [4.69, 9.17) is 5.73 Å². The molecule has 0 spiro atoms. The van der Waals surface area contributed by atoms with Crippen LogP contribution in [-0.4, -0.2) is 78.3 Å². The number of carbonyl (C=O) groups is 2. The second-order valence-corrected chi connectivity index (χ2v) is 6.41. The molecule has 2 N–H and O–H groups in total. The van der Waals surface area contributed by atoms with Crippen LogP contribution in [0.15, 0.2) is 0 Å². The van der Waals surface area contributed by atoms with Crippen molar-refractivity contribution in [2.24, 2.45) is 0 Å². The number of likely N-dealkylation sites (N-methyl/N-ethyl adjacent to an activating group) is 1. The Balaban J connectivity index is 1.93. The molecule has 8 heteroatoms. The number of rotatable bonds is 3. The topological polar surface area (TPSA) is 82.8 Å². The molecule has 0 unspecified atom stereocenters. The summed E-state index contributed by atoms with van der Waals surface area (Å²) >= 11 is 1.22. The number of amides is 2. The maximum absolute atomic E-state index is 12.4. The lowest BCUT2D eigenvalue weighted by Crippen LogP contribution is -2.52. The van der Waals surface area contributed by atoms with Gasteiger partial charge < -0.3 is 20.4 Å². The third-order valence-electron chi connectivity index (χ3n) is 3.38. The predicted molar refractivity (Wildman–Crippen MR) is 82.3 cm³/mol. The molecule has 1 aliphatic heterocycles. The van der Waals surface area contributed by atoms with Gasteiger partial charge in [-0.15, -0.1) is 0 Å². The number of hydrogen-bond donors (Lipinski definition) is 1. The van der Waals surface area contributed by atoms with Crippen molar-refractivity contribution in [3.63, 3.8) is 0 Å². The molecule has 1 fully saturated rings. The summed E-state index contributed by atoms with van der Waals surface area (Å²) in [7, 11) is 3.74. The lowest BCUT2D eigenvalue weighted by molar-refractivity contribution is -0.133. The number of nitrogen functional groups attached to an aromatic ring is 1. The number of hydrogen-bond acceptors (Lipinski definition) is 6. The summed E-state index contributed by atoms with van der Waals surface area (Å²) in [5.41, 5.74) is 6.31. The summed E-state index contributed by atoms with van der Waals surface area (Å²) in [6, 6.07) is 0. The van der Waals surface area contributed by atoms with Crippen LogP contribution < -0.4 is 5.73 Å². The van der Waals surface area contributed by atoms with Gasteiger partial charge in [0.05, 0.1) is 12.2 Å². The highest BCUT2D eigenvalue weighted by atomic mass is 32.1. The summed E-state index contributed by atoms with van der Waals surface area (Å²) < 4.78 is 0. The van der Waals surface area contributed by atoms with Crippen LogP contribution in [0.4, 0.5) is 5.13 Å². The molecule has 1 aromatic heterocycles. The van der Waals surface area contributed by atoms with Crippen molar-refractivity contribution in [1.29, 1.82) is 0 Å². The number of anilines is 1. The molecular formula is C13H21N5O2S. The van der Waals surface area contributed by atoms with Crippen LogP contribution in [0.25, 0.3) is 0 Å². The van der Waals surface area contributed by atoms with E-state index in [2.05, 4.69) is 4.98 Å². The summed E-state index contributed by atoms with van der Waals surface area (Å²) in [5, 5.41) is 0.413. The molecule has 0 radical (unpaired) electrons. The molecule has 21 heavy (non-hydrogen) atoms. The molecule has 116 valence electrons. The summed E-state index contributed by atoms with van der Waals surface area (Å²) in [6.07, 6.45) is 0. The molecule has 1 saturated heterocycles. The van der Waals surface area contributed by atoms with Crippen molar-refractivity contribution in [1.82, 2.24) is 19.7 Å². The molecule has 1 aromatic rings. The monoisotopic (exact) mass is 311 g/mol. The molecule has 2 amide bonds. The van der Waals surface area contributed by atoms with Crippen LogP contribution in [0.3, 0.4) is 0 Å². The van der Waals surface area contributed by atoms with Gasteiger partial charge >= 0.3 is 0 Å². The molecule has 0 aromatic carbocycles. The van der Waals surface area contributed by atoms with E-state index in [0.717, 1.165) is 0 Å². The Morgan fingerprint density at radius 3 is 2.29 bits per heavy atom. The SMILES string of the molecule is Cc1nc(N)sc1C(=O)N1CCN(C(=O)CN(C)C)CC1. The van der Waals surface area contributed by atoms with Gasteiger partial charge in [0.1, 0.15) is 4.88 Å². The molecular weight excluding hydrogens is 290 g/mol. The van der Waals surface area contributed by atoms with Crippen molar-refractivity contribution in [2.75, 3.05) is 52.6 Å². The molecule has 2 rings (SSSR count). The minimum atomic E-state index is -0.0404. The zero-order chi connectivity index (χ0) is 15.6. The van der Waals surface area contributed by atoms with Crippen LogP contribution in [0.5, 0.6) is 0 Å².